The topological polar surface area (TPSA) is 43.6 Å². The van der Waals surface area contributed by atoms with Gasteiger partial charge < -0.3 is 0 Å². The lowest BCUT2D eigenvalue weighted by Crippen LogP contribution is -2.06. The normalized spacial score (nSPS) is 14.8. The van der Waals surface area contributed by atoms with Gasteiger partial charge in [0.25, 0.3) is 0 Å². The molecule has 0 saturated heterocycles. The standard InChI is InChI=1S/C39H24N4S/c1-3-11-25(12-4-1)26-19-21-28(22-20-26)38-40-37(27-13-5-2-6-14-27)41-39(42-38)43-33-17-9-7-15-29(33)31-24-36-32(23-34(31)43)30-16-8-10-18-35(30)44-36/h1-24H/i7D,8D,9D,10D,15D,16D,17D,18D,23D,24D. The molecule has 0 N–H and O–H groups in total. The van der Waals surface area contributed by atoms with E-state index < -0.39 is 36.3 Å². The van der Waals surface area contributed by atoms with Crippen LogP contribution >= 0.6 is 11.3 Å². The molecule has 0 spiro atoms. The zero-order valence-electron chi connectivity index (χ0n) is 32.8. The molecule has 0 atom stereocenters. The van der Waals surface area contributed by atoms with Crippen LogP contribution in [-0.2, 0) is 0 Å². The maximum Gasteiger partial charge on any atom is 0.238 e. The molecule has 0 unspecified atom stereocenters. The summed E-state index contributed by atoms with van der Waals surface area (Å²) >= 11 is 0.950. The Hall–Kier alpha value is -5.65. The van der Waals surface area contributed by atoms with Gasteiger partial charge in [-0.1, -0.05) is 121 Å². The van der Waals surface area contributed by atoms with Gasteiger partial charge in [-0.3, -0.25) is 4.57 Å². The van der Waals surface area contributed by atoms with Crippen LogP contribution in [0.1, 0.15) is 13.7 Å². The molecule has 0 aliphatic rings. The molecule has 0 saturated carbocycles. The number of rotatable bonds is 4. The molecule has 0 amide bonds. The Morgan fingerprint density at radius 3 is 1.82 bits per heavy atom. The summed E-state index contributed by atoms with van der Waals surface area (Å²) in [6.45, 7) is 0. The number of hydrogen-bond acceptors (Lipinski definition) is 4. The summed E-state index contributed by atoms with van der Waals surface area (Å²) < 4.78 is 90.3. The zero-order valence-corrected chi connectivity index (χ0v) is 23.6. The first-order valence-corrected chi connectivity index (χ1v) is 14.6. The quantitative estimate of drug-likeness (QED) is 0.205. The highest BCUT2D eigenvalue weighted by Gasteiger charge is 2.19. The number of benzene rings is 6. The lowest BCUT2D eigenvalue weighted by molar-refractivity contribution is 0.954. The summed E-state index contributed by atoms with van der Waals surface area (Å²) in [5.41, 5.74) is 3.22. The number of para-hydroxylation sites is 1. The lowest BCUT2D eigenvalue weighted by Gasteiger charge is -2.11. The molecule has 9 aromatic rings. The summed E-state index contributed by atoms with van der Waals surface area (Å²) in [6.07, 6.45) is 0. The van der Waals surface area contributed by atoms with Crippen LogP contribution in [0.15, 0.2) is 145 Å². The second kappa shape index (κ2) is 9.97. The fraction of sp³-hybridized carbons (Fsp3) is 0. The van der Waals surface area contributed by atoms with E-state index in [1.807, 2.05) is 84.9 Å². The van der Waals surface area contributed by atoms with Gasteiger partial charge in [-0.2, -0.15) is 9.97 Å². The van der Waals surface area contributed by atoms with Crippen LogP contribution in [0.25, 0.3) is 81.8 Å². The first-order valence-electron chi connectivity index (χ1n) is 18.8. The van der Waals surface area contributed by atoms with E-state index in [1.54, 1.807) is 0 Å². The highest BCUT2D eigenvalue weighted by Crippen LogP contribution is 2.40. The van der Waals surface area contributed by atoms with E-state index in [1.165, 1.54) is 4.57 Å². The molecule has 3 aromatic heterocycles. The largest absolute Gasteiger partial charge is 0.278 e. The first kappa shape index (κ1) is 16.8. The predicted molar refractivity (Wildman–Crippen MR) is 183 cm³/mol. The highest BCUT2D eigenvalue weighted by atomic mass is 32.1. The molecule has 6 aromatic carbocycles. The molecule has 0 aliphatic carbocycles. The minimum absolute atomic E-state index is 0.00259. The Balaban J connectivity index is 1.44. The molecule has 44 heavy (non-hydrogen) atoms. The maximum atomic E-state index is 9.69. The number of hydrogen-bond donors (Lipinski definition) is 0. The van der Waals surface area contributed by atoms with Crippen molar-refractivity contribution in [3.8, 4) is 39.9 Å². The third-order valence-electron chi connectivity index (χ3n) is 7.52. The molecule has 206 valence electrons. The smallest absolute Gasteiger partial charge is 0.238 e. The van der Waals surface area contributed by atoms with Crippen LogP contribution in [-0.4, -0.2) is 19.5 Å². The number of fused-ring (bicyclic) bond motifs is 6. The number of thiophene rings is 1. The molecule has 0 fully saturated rings. The fourth-order valence-electron chi connectivity index (χ4n) is 5.45. The van der Waals surface area contributed by atoms with Crippen LogP contribution < -0.4 is 0 Å². The van der Waals surface area contributed by atoms with Crippen molar-refractivity contribution in [3.05, 3.63) is 145 Å². The third-order valence-corrected chi connectivity index (χ3v) is 8.54. The lowest BCUT2D eigenvalue weighted by atomic mass is 10.0. The van der Waals surface area contributed by atoms with Gasteiger partial charge in [0, 0.05) is 42.1 Å². The van der Waals surface area contributed by atoms with Gasteiger partial charge in [0.05, 0.1) is 24.7 Å². The zero-order chi connectivity index (χ0) is 37.7. The van der Waals surface area contributed by atoms with Crippen molar-refractivity contribution in [3.63, 3.8) is 0 Å². The minimum Gasteiger partial charge on any atom is -0.278 e. The molecule has 4 nitrogen and oxygen atoms in total. The summed E-state index contributed by atoms with van der Waals surface area (Å²) in [4.78, 5) is 14.5. The van der Waals surface area contributed by atoms with Crippen LogP contribution in [0.3, 0.4) is 0 Å². The SMILES string of the molecule is [2H]c1c([2H])c([2H])c2c(sc3c([2H])c4c5c([2H])c([2H])c([2H])c([2H])c5n(-c5nc(-c6ccccc6)nc(-c6ccc(-c7ccccc7)cc6)n5)c4c([2H])c32)c1[2H]. The van der Waals surface area contributed by atoms with Gasteiger partial charge >= 0.3 is 0 Å². The van der Waals surface area contributed by atoms with Crippen LogP contribution in [0.5, 0.6) is 0 Å². The van der Waals surface area contributed by atoms with Gasteiger partial charge in [-0.15, -0.1) is 11.3 Å². The molecule has 3 heterocycles. The number of nitrogens with zero attached hydrogens (tertiary/aromatic N) is 4. The monoisotopic (exact) mass is 590 g/mol. The molecular weight excluding hydrogens is 557 g/mol. The van der Waals surface area contributed by atoms with Crippen LogP contribution in [0.4, 0.5) is 0 Å². The molecular formula is C39H24N4S. The van der Waals surface area contributed by atoms with Crippen molar-refractivity contribution in [2.24, 2.45) is 0 Å². The Labute approximate surface area is 271 Å². The molecule has 9 rings (SSSR count). The second-order valence-electron chi connectivity index (χ2n) is 10.1. The van der Waals surface area contributed by atoms with Gasteiger partial charge in [0.2, 0.25) is 5.95 Å². The van der Waals surface area contributed by atoms with Crippen molar-refractivity contribution in [1.82, 2.24) is 19.5 Å². The second-order valence-corrected chi connectivity index (χ2v) is 11.2. The van der Waals surface area contributed by atoms with E-state index in [2.05, 4.69) is 0 Å². The van der Waals surface area contributed by atoms with E-state index in [0.717, 1.165) is 22.5 Å². The average molecular weight is 591 g/mol. The molecule has 0 bridgehead atoms. The summed E-state index contributed by atoms with van der Waals surface area (Å²) in [7, 11) is 0. The van der Waals surface area contributed by atoms with Crippen LogP contribution in [0.2, 0.25) is 0 Å². The van der Waals surface area contributed by atoms with E-state index in [-0.39, 0.29) is 83.7 Å². The maximum absolute atomic E-state index is 9.69. The Morgan fingerprint density at radius 1 is 0.477 bits per heavy atom. The van der Waals surface area contributed by atoms with E-state index >= 15 is 0 Å². The van der Waals surface area contributed by atoms with Gasteiger partial charge in [0.15, 0.2) is 11.6 Å². The minimum atomic E-state index is -0.523. The predicted octanol–water partition coefficient (Wildman–Crippen LogP) is 10.3. The summed E-state index contributed by atoms with van der Waals surface area (Å²) in [5, 5.41) is 0.223. The van der Waals surface area contributed by atoms with Gasteiger partial charge in [-0.25, -0.2) is 4.98 Å². The van der Waals surface area contributed by atoms with Crippen molar-refractivity contribution < 1.29 is 13.7 Å². The average Bonchev–Trinajstić information content (AvgIpc) is 3.79. The Bertz CT molecular complexity index is 3040. The van der Waals surface area contributed by atoms with E-state index in [0.29, 0.717) is 11.1 Å². The van der Waals surface area contributed by atoms with Crippen molar-refractivity contribution in [2.45, 2.75) is 0 Å². The Kier molecular flexibility index (Phi) is 3.82. The van der Waals surface area contributed by atoms with Crippen molar-refractivity contribution >= 4 is 53.3 Å². The first-order chi connectivity index (χ1) is 26.0. The van der Waals surface area contributed by atoms with Gasteiger partial charge in [-0.05, 0) is 35.3 Å². The van der Waals surface area contributed by atoms with Crippen molar-refractivity contribution in [1.29, 1.82) is 0 Å². The highest BCUT2D eigenvalue weighted by molar-refractivity contribution is 7.25. The van der Waals surface area contributed by atoms with E-state index in [4.69, 9.17) is 25.9 Å². The summed E-state index contributed by atoms with van der Waals surface area (Å²) in [6, 6.07) is 22.8. The van der Waals surface area contributed by atoms with Crippen molar-refractivity contribution in [2.75, 3.05) is 0 Å². The molecule has 0 aliphatic heterocycles. The van der Waals surface area contributed by atoms with Gasteiger partial charge in [0.1, 0.15) is 0 Å². The fourth-order valence-corrected chi connectivity index (χ4v) is 6.42. The summed E-state index contributed by atoms with van der Waals surface area (Å²) in [5.74, 6) is 0.445. The molecule has 0 radical (unpaired) electrons. The Morgan fingerprint density at radius 2 is 1.07 bits per heavy atom. The number of aromatic nitrogens is 4. The van der Waals surface area contributed by atoms with Crippen LogP contribution in [0, 0.1) is 0 Å². The third kappa shape index (κ3) is 4.02. The molecule has 5 heteroatoms. The van der Waals surface area contributed by atoms with E-state index in [9.17, 15) is 2.74 Å².